The van der Waals surface area contributed by atoms with Crippen LogP contribution in [0.2, 0.25) is 0 Å². The molecule has 0 aliphatic carbocycles. The third-order valence-corrected chi connectivity index (χ3v) is 14.5. The monoisotopic (exact) mass is 1020 g/mol. The number of nitrogens with one attached hydrogen (secondary N) is 1. The number of hydrogen-bond acceptors (Lipinski definition) is 6. The fourth-order valence-electron chi connectivity index (χ4n) is 8.83. The number of aliphatic hydroxyl groups is 1. The zero-order chi connectivity index (χ0) is 52.0. The Morgan fingerprint density at radius 3 is 1.25 bits per heavy atom. The van der Waals surface area contributed by atoms with E-state index in [2.05, 4.69) is 79.9 Å². The number of carbonyl (C=O) groups excluding carboxylic acids is 1. The molecule has 416 valence electrons. The van der Waals surface area contributed by atoms with E-state index in [-0.39, 0.29) is 19.1 Å². The Kier molecular flexibility index (Phi) is 51.7. The second-order valence-corrected chi connectivity index (χ2v) is 23.1. The van der Waals surface area contributed by atoms with Crippen molar-refractivity contribution < 1.29 is 32.9 Å². The van der Waals surface area contributed by atoms with Crippen LogP contribution < -0.4 is 10.2 Å². The van der Waals surface area contributed by atoms with Crippen molar-refractivity contribution in [2.45, 2.75) is 289 Å². The van der Waals surface area contributed by atoms with Crippen LogP contribution in [0.1, 0.15) is 277 Å². The lowest BCUT2D eigenvalue weighted by molar-refractivity contribution is -0.870. The van der Waals surface area contributed by atoms with E-state index in [9.17, 15) is 19.4 Å². The number of allylic oxidation sites excluding steroid dienone is 10. The van der Waals surface area contributed by atoms with E-state index in [0.717, 1.165) is 83.5 Å². The number of amides is 1. The van der Waals surface area contributed by atoms with E-state index < -0.39 is 20.0 Å². The van der Waals surface area contributed by atoms with Crippen molar-refractivity contribution in [2.24, 2.45) is 0 Å². The smallest absolute Gasteiger partial charge is 0.268 e. The first-order chi connectivity index (χ1) is 34.5. The Morgan fingerprint density at radius 1 is 0.507 bits per heavy atom. The number of aliphatic hydroxyl groups excluding tert-OH is 1. The number of carbonyl (C=O) groups is 1. The van der Waals surface area contributed by atoms with Gasteiger partial charge in [-0.1, -0.05) is 274 Å². The molecule has 0 fully saturated rings. The number of unbranched alkanes of at least 4 members (excludes halogenated alkanes) is 32. The molecular formula is C62H117N2O6P. The number of likely N-dealkylation sites (N-methyl/N-ethyl adjacent to an activating group) is 1. The van der Waals surface area contributed by atoms with Gasteiger partial charge in [0.15, 0.2) is 0 Å². The van der Waals surface area contributed by atoms with Crippen molar-refractivity contribution in [3.8, 4) is 0 Å². The van der Waals surface area contributed by atoms with Gasteiger partial charge in [-0.3, -0.25) is 9.36 Å². The molecule has 0 aromatic heterocycles. The Hall–Kier alpha value is -1.80. The predicted octanol–water partition coefficient (Wildman–Crippen LogP) is 17.9. The van der Waals surface area contributed by atoms with Gasteiger partial charge in [0.1, 0.15) is 13.2 Å². The van der Waals surface area contributed by atoms with E-state index in [4.69, 9.17) is 9.05 Å². The molecule has 0 aromatic carbocycles. The molecule has 0 saturated carbocycles. The normalized spacial score (nSPS) is 14.3. The Labute approximate surface area is 441 Å². The van der Waals surface area contributed by atoms with E-state index in [1.807, 2.05) is 21.1 Å². The number of phosphoric ester groups is 1. The second kappa shape index (κ2) is 53.0. The molecule has 0 bridgehead atoms. The Bertz CT molecular complexity index is 1340. The van der Waals surface area contributed by atoms with Crippen molar-refractivity contribution in [3.63, 3.8) is 0 Å². The van der Waals surface area contributed by atoms with E-state index in [1.54, 1.807) is 0 Å². The van der Waals surface area contributed by atoms with Crippen LogP contribution in [0, 0.1) is 0 Å². The van der Waals surface area contributed by atoms with Gasteiger partial charge >= 0.3 is 0 Å². The Morgan fingerprint density at radius 2 is 0.859 bits per heavy atom. The highest BCUT2D eigenvalue weighted by Gasteiger charge is 2.24. The molecule has 0 spiro atoms. The van der Waals surface area contributed by atoms with Crippen LogP contribution in [0.4, 0.5) is 0 Å². The first-order valence-corrected chi connectivity index (χ1v) is 31.6. The molecule has 9 heteroatoms. The lowest BCUT2D eigenvalue weighted by atomic mass is 10.0. The van der Waals surface area contributed by atoms with Crippen LogP contribution in [0.5, 0.6) is 0 Å². The fraction of sp³-hybridized carbons (Fsp3) is 0.823. The highest BCUT2D eigenvalue weighted by Crippen LogP contribution is 2.38. The quantitative estimate of drug-likeness (QED) is 0.0272. The van der Waals surface area contributed by atoms with Gasteiger partial charge < -0.3 is 28.8 Å². The molecule has 0 rings (SSSR count). The van der Waals surface area contributed by atoms with Gasteiger partial charge in [0.2, 0.25) is 5.91 Å². The van der Waals surface area contributed by atoms with Gasteiger partial charge in [0.05, 0.1) is 39.9 Å². The molecule has 0 aliphatic rings. The number of nitrogens with zero attached hydrogens (tertiary/aromatic N) is 1. The topological polar surface area (TPSA) is 108 Å². The van der Waals surface area contributed by atoms with Gasteiger partial charge in [-0.2, -0.15) is 0 Å². The molecule has 0 heterocycles. The fourth-order valence-corrected chi connectivity index (χ4v) is 9.56. The van der Waals surface area contributed by atoms with Crippen LogP contribution in [-0.4, -0.2) is 68.5 Å². The summed E-state index contributed by atoms with van der Waals surface area (Å²) in [6, 6.07) is -0.811. The first kappa shape index (κ1) is 69.2. The summed E-state index contributed by atoms with van der Waals surface area (Å²) in [5, 5.41) is 14.0. The van der Waals surface area contributed by atoms with Crippen LogP contribution in [0.25, 0.3) is 0 Å². The van der Waals surface area contributed by atoms with E-state index in [1.165, 1.54) is 167 Å². The third kappa shape index (κ3) is 55.8. The maximum absolute atomic E-state index is 13.0. The lowest BCUT2D eigenvalue weighted by Gasteiger charge is -2.30. The van der Waals surface area contributed by atoms with E-state index in [0.29, 0.717) is 23.9 Å². The molecule has 3 atom stereocenters. The SMILES string of the molecule is CC/C=C\C/C=C\C/C=C\C/C=C\C/C=C\CCCCCCCCCC(=O)NC(COP(=O)([O-])OCC[N+](C)(C)C)C(O)CCCCCCCCCCCCCCCCCCCCCCCCCCCC. The van der Waals surface area contributed by atoms with Gasteiger partial charge in [0, 0.05) is 6.42 Å². The van der Waals surface area contributed by atoms with Crippen LogP contribution in [0.3, 0.4) is 0 Å². The van der Waals surface area contributed by atoms with Gasteiger partial charge in [-0.05, 0) is 57.8 Å². The minimum Gasteiger partial charge on any atom is -0.756 e. The summed E-state index contributed by atoms with van der Waals surface area (Å²) < 4.78 is 23.5. The minimum atomic E-state index is -4.58. The van der Waals surface area contributed by atoms with E-state index >= 15 is 0 Å². The van der Waals surface area contributed by atoms with Crippen molar-refractivity contribution in [3.05, 3.63) is 60.8 Å². The highest BCUT2D eigenvalue weighted by atomic mass is 31.2. The third-order valence-electron chi connectivity index (χ3n) is 13.5. The van der Waals surface area contributed by atoms with Crippen molar-refractivity contribution >= 4 is 13.7 Å². The molecule has 8 nitrogen and oxygen atoms in total. The Balaban J connectivity index is 4.17. The summed E-state index contributed by atoms with van der Waals surface area (Å²) in [4.78, 5) is 25.6. The maximum Gasteiger partial charge on any atom is 0.268 e. The summed E-state index contributed by atoms with van der Waals surface area (Å²) in [7, 11) is 1.30. The number of quaternary nitrogens is 1. The second-order valence-electron chi connectivity index (χ2n) is 21.7. The van der Waals surface area contributed by atoms with Gasteiger partial charge in [-0.15, -0.1) is 0 Å². The number of rotatable bonds is 55. The largest absolute Gasteiger partial charge is 0.756 e. The molecule has 0 radical (unpaired) electrons. The van der Waals surface area contributed by atoms with Gasteiger partial charge in [0.25, 0.3) is 7.82 Å². The summed E-state index contributed by atoms with van der Waals surface area (Å²) in [5.41, 5.74) is 0. The standard InChI is InChI=1S/C62H117N2O6P/c1-6-8-10-12-14-16-18-20-22-24-26-28-30-31-32-34-35-37-39-41-43-45-47-49-51-53-55-61(65)60(59-70-71(67,68)69-58-57-64(3,4)5)63-62(66)56-54-52-50-48-46-44-42-40-38-36-33-29-27-25-23-21-19-17-15-13-11-9-7-2/h9,11,15,17,21,23,27,29,36,38,60-61,65H,6-8,10,12-14,16,18-20,22,24-26,28,30-35,37,39-59H2,1-5H3,(H-,63,66,67,68)/b11-9-,17-15-,23-21-,29-27-,38-36-. The van der Waals surface area contributed by atoms with Crippen LogP contribution >= 0.6 is 7.82 Å². The van der Waals surface area contributed by atoms with Crippen LogP contribution in [-0.2, 0) is 18.4 Å². The summed E-state index contributed by atoms with van der Waals surface area (Å²) in [6.07, 6.45) is 71.1. The van der Waals surface area contributed by atoms with Crippen LogP contribution in [0.15, 0.2) is 60.8 Å². The van der Waals surface area contributed by atoms with Crippen molar-refractivity contribution in [1.29, 1.82) is 0 Å². The summed E-state index contributed by atoms with van der Waals surface area (Å²) in [5.74, 6) is -0.175. The molecule has 0 saturated heterocycles. The van der Waals surface area contributed by atoms with Crippen molar-refractivity contribution in [2.75, 3.05) is 40.9 Å². The molecule has 0 aliphatic heterocycles. The minimum absolute atomic E-state index is 0.00769. The molecule has 1 amide bonds. The predicted molar refractivity (Wildman–Crippen MR) is 307 cm³/mol. The first-order valence-electron chi connectivity index (χ1n) is 30.1. The number of phosphoric acid groups is 1. The summed E-state index contributed by atoms with van der Waals surface area (Å²) >= 11 is 0. The molecule has 3 unspecified atom stereocenters. The summed E-state index contributed by atoms with van der Waals surface area (Å²) in [6.45, 7) is 4.63. The molecule has 2 N–H and O–H groups in total. The number of hydrogen-bond donors (Lipinski definition) is 2. The van der Waals surface area contributed by atoms with Gasteiger partial charge in [-0.25, -0.2) is 0 Å². The average molecular weight is 1020 g/mol. The zero-order valence-corrected chi connectivity index (χ0v) is 48.3. The molecular weight excluding hydrogens is 900 g/mol. The zero-order valence-electron chi connectivity index (χ0n) is 47.4. The average Bonchev–Trinajstić information content (AvgIpc) is 3.33. The highest BCUT2D eigenvalue weighted by molar-refractivity contribution is 7.45. The van der Waals surface area contributed by atoms with Crippen molar-refractivity contribution in [1.82, 2.24) is 5.32 Å². The lowest BCUT2D eigenvalue weighted by Crippen LogP contribution is -2.46. The molecule has 71 heavy (non-hydrogen) atoms. The molecule has 0 aromatic rings. The maximum atomic E-state index is 13.0.